The largest absolute Gasteiger partial charge is 0.493 e. The minimum absolute atomic E-state index is 0.0388. The van der Waals surface area contributed by atoms with E-state index in [2.05, 4.69) is 15.2 Å². The van der Waals surface area contributed by atoms with E-state index in [-0.39, 0.29) is 17.1 Å². The Hall–Kier alpha value is -3.33. The van der Waals surface area contributed by atoms with Crippen molar-refractivity contribution in [3.05, 3.63) is 51.4 Å². The number of hydrogen-bond donors (Lipinski definition) is 1. The summed E-state index contributed by atoms with van der Waals surface area (Å²) < 4.78 is 3.04. The van der Waals surface area contributed by atoms with Crippen LogP contribution in [0.2, 0.25) is 0 Å². The Morgan fingerprint density at radius 1 is 1.28 bits per heavy atom. The summed E-state index contributed by atoms with van der Waals surface area (Å²) in [6.07, 6.45) is 5.47. The number of nitrogens with zero attached hydrogens (tertiary/aromatic N) is 5. The highest BCUT2D eigenvalue weighted by Crippen LogP contribution is 2.39. The van der Waals surface area contributed by atoms with Gasteiger partial charge in [-0.2, -0.15) is 0 Å². The van der Waals surface area contributed by atoms with Gasteiger partial charge in [0.2, 0.25) is 5.88 Å². The van der Waals surface area contributed by atoms with Crippen LogP contribution in [0.4, 0.5) is 5.69 Å². The van der Waals surface area contributed by atoms with Crippen molar-refractivity contribution in [1.29, 1.82) is 0 Å². The molecule has 1 aliphatic rings. The second kappa shape index (κ2) is 7.98. The predicted molar refractivity (Wildman–Crippen MR) is 124 cm³/mol. The topological polar surface area (TPSA) is 102 Å². The first-order valence-electron chi connectivity index (χ1n) is 10.8. The average Bonchev–Trinajstić information content (AvgIpc) is 3.32. The lowest BCUT2D eigenvalue weighted by Crippen LogP contribution is -2.27. The summed E-state index contributed by atoms with van der Waals surface area (Å²) in [4.78, 5) is 32.5. The molecule has 4 aromatic rings. The summed E-state index contributed by atoms with van der Waals surface area (Å²) >= 11 is 1.58. The van der Waals surface area contributed by atoms with Gasteiger partial charge in [0.25, 0.3) is 11.5 Å². The van der Waals surface area contributed by atoms with Crippen LogP contribution in [-0.4, -0.2) is 25.1 Å². The van der Waals surface area contributed by atoms with Crippen molar-refractivity contribution in [2.75, 3.05) is 0 Å². The molecule has 0 fully saturated rings. The number of benzene rings is 1. The molecule has 8 nitrogen and oxygen atoms in total. The van der Waals surface area contributed by atoms with Crippen LogP contribution in [0.25, 0.3) is 21.1 Å². The van der Waals surface area contributed by atoms with Gasteiger partial charge in [0, 0.05) is 16.8 Å². The van der Waals surface area contributed by atoms with E-state index in [1.807, 2.05) is 31.2 Å². The maximum atomic E-state index is 13.2. The van der Waals surface area contributed by atoms with Crippen LogP contribution in [0, 0.1) is 0 Å². The van der Waals surface area contributed by atoms with E-state index in [1.165, 1.54) is 15.8 Å². The number of para-hydroxylation sites is 1. The molecule has 3 heterocycles. The van der Waals surface area contributed by atoms with E-state index in [1.54, 1.807) is 22.8 Å². The molecule has 1 atom stereocenters. The monoisotopic (exact) mass is 449 g/mol. The SMILES string of the molecule is CCn1c(O)c(N=NC(=O)[C@H](C)n2cnc3sc4c(c3c2=O)CCCC4)c2ccccc21. The normalized spacial score (nSPS) is 14.9. The number of aryl methyl sites for hydroxylation is 3. The Balaban J connectivity index is 1.50. The summed E-state index contributed by atoms with van der Waals surface area (Å²) in [7, 11) is 0. The van der Waals surface area contributed by atoms with Gasteiger partial charge in [0.05, 0.1) is 17.2 Å². The van der Waals surface area contributed by atoms with Gasteiger partial charge in [-0.3, -0.25) is 14.2 Å². The first-order chi connectivity index (χ1) is 15.5. The fourth-order valence-corrected chi connectivity index (χ4v) is 5.65. The van der Waals surface area contributed by atoms with Gasteiger partial charge in [-0.25, -0.2) is 4.98 Å². The molecule has 9 heteroatoms. The number of fused-ring (bicyclic) bond motifs is 4. The van der Waals surface area contributed by atoms with E-state index >= 15 is 0 Å². The van der Waals surface area contributed by atoms with Crippen molar-refractivity contribution in [2.45, 2.75) is 52.1 Å². The standard InChI is InChI=1S/C23H23N5O3S/c1-3-27-16-10-6-4-8-14(16)19(23(27)31)25-26-20(29)13(2)28-12-24-21-18(22(28)30)15-9-5-7-11-17(15)32-21/h4,6,8,10,12-13,31H,3,5,7,9,11H2,1-2H3/t13-/m0/s1. The molecule has 1 aromatic carbocycles. The highest BCUT2D eigenvalue weighted by molar-refractivity contribution is 7.18. The Labute approximate surface area is 187 Å². The fraction of sp³-hybridized carbons (Fsp3) is 0.348. The summed E-state index contributed by atoms with van der Waals surface area (Å²) in [6.45, 7) is 4.08. The number of hydrogen-bond acceptors (Lipinski definition) is 6. The minimum atomic E-state index is -0.857. The first kappa shape index (κ1) is 20.6. The first-order valence-corrected chi connectivity index (χ1v) is 11.6. The molecular formula is C23H23N5O3S. The van der Waals surface area contributed by atoms with Crippen molar-refractivity contribution in [3.8, 4) is 5.88 Å². The molecular weight excluding hydrogens is 426 g/mol. The molecule has 32 heavy (non-hydrogen) atoms. The zero-order valence-electron chi connectivity index (χ0n) is 17.9. The second-order valence-corrected chi connectivity index (χ2v) is 9.08. The van der Waals surface area contributed by atoms with Crippen LogP contribution in [0.3, 0.4) is 0 Å². The Bertz CT molecular complexity index is 1450. The van der Waals surface area contributed by atoms with Gasteiger partial charge in [-0.1, -0.05) is 18.2 Å². The molecule has 1 amide bonds. The quantitative estimate of drug-likeness (QED) is 0.448. The number of thiophene rings is 1. The molecule has 0 saturated heterocycles. The van der Waals surface area contributed by atoms with Crippen molar-refractivity contribution >= 4 is 44.1 Å². The molecule has 0 unspecified atom stereocenters. The second-order valence-electron chi connectivity index (χ2n) is 8.00. The predicted octanol–water partition coefficient (Wildman–Crippen LogP) is 4.89. The van der Waals surface area contributed by atoms with Crippen molar-refractivity contribution in [2.24, 2.45) is 10.2 Å². The maximum absolute atomic E-state index is 13.2. The summed E-state index contributed by atoms with van der Waals surface area (Å²) in [5, 5.41) is 19.8. The number of aromatic nitrogens is 3. The summed E-state index contributed by atoms with van der Waals surface area (Å²) in [5.74, 6) is -0.617. The third-order valence-electron chi connectivity index (χ3n) is 6.16. The van der Waals surface area contributed by atoms with Gasteiger partial charge in [0.15, 0.2) is 5.69 Å². The Morgan fingerprint density at radius 3 is 2.88 bits per heavy atom. The molecule has 0 bridgehead atoms. The van der Waals surface area contributed by atoms with Gasteiger partial charge in [0.1, 0.15) is 10.9 Å². The van der Waals surface area contributed by atoms with Crippen molar-refractivity contribution in [3.63, 3.8) is 0 Å². The highest BCUT2D eigenvalue weighted by atomic mass is 32.1. The lowest BCUT2D eigenvalue weighted by molar-refractivity contribution is -0.121. The number of amides is 1. The molecule has 0 saturated carbocycles. The van der Waals surface area contributed by atoms with E-state index in [9.17, 15) is 14.7 Å². The van der Waals surface area contributed by atoms with Gasteiger partial charge in [-0.15, -0.1) is 21.6 Å². The highest BCUT2D eigenvalue weighted by Gasteiger charge is 2.24. The van der Waals surface area contributed by atoms with E-state index < -0.39 is 11.9 Å². The Morgan fingerprint density at radius 2 is 2.06 bits per heavy atom. The number of azo groups is 1. The number of carbonyl (C=O) groups excluding carboxylic acids is 1. The van der Waals surface area contributed by atoms with Crippen LogP contribution >= 0.6 is 11.3 Å². The molecule has 0 radical (unpaired) electrons. The van der Waals surface area contributed by atoms with Crippen LogP contribution in [0.1, 0.15) is 43.2 Å². The molecule has 5 rings (SSSR count). The molecule has 164 valence electrons. The number of aromatic hydroxyl groups is 1. The average molecular weight is 450 g/mol. The van der Waals surface area contributed by atoms with Crippen molar-refractivity contribution < 1.29 is 9.90 Å². The van der Waals surface area contributed by atoms with Crippen molar-refractivity contribution in [1.82, 2.24) is 14.1 Å². The molecule has 1 N–H and O–H groups in total. The lowest BCUT2D eigenvalue weighted by atomic mass is 9.97. The maximum Gasteiger partial charge on any atom is 0.287 e. The molecule has 0 spiro atoms. The van der Waals surface area contributed by atoms with Crippen LogP contribution in [0.5, 0.6) is 5.88 Å². The Kier molecular flexibility index (Phi) is 5.13. The zero-order chi connectivity index (χ0) is 22.4. The zero-order valence-corrected chi connectivity index (χ0v) is 18.7. The van der Waals surface area contributed by atoms with Crippen LogP contribution in [0.15, 0.2) is 45.6 Å². The van der Waals surface area contributed by atoms with Gasteiger partial charge >= 0.3 is 0 Å². The summed E-state index contributed by atoms with van der Waals surface area (Å²) in [5.41, 5.74) is 1.93. The van der Waals surface area contributed by atoms with E-state index in [0.717, 1.165) is 41.6 Å². The van der Waals surface area contributed by atoms with E-state index in [4.69, 9.17) is 0 Å². The smallest absolute Gasteiger partial charge is 0.287 e. The molecule has 0 aliphatic heterocycles. The van der Waals surface area contributed by atoms with Gasteiger partial charge in [-0.05, 0) is 51.2 Å². The third-order valence-corrected chi connectivity index (χ3v) is 7.36. The number of rotatable bonds is 4. The van der Waals surface area contributed by atoms with Crippen LogP contribution < -0.4 is 5.56 Å². The third kappa shape index (κ3) is 3.15. The van der Waals surface area contributed by atoms with Gasteiger partial charge < -0.3 is 9.67 Å². The lowest BCUT2D eigenvalue weighted by Gasteiger charge is -2.12. The number of carbonyl (C=O) groups is 1. The van der Waals surface area contributed by atoms with E-state index in [0.29, 0.717) is 17.3 Å². The fourth-order valence-electron chi connectivity index (χ4n) is 4.43. The summed E-state index contributed by atoms with van der Waals surface area (Å²) in [6, 6.07) is 6.56. The van der Waals surface area contributed by atoms with Crippen LogP contribution in [-0.2, 0) is 24.2 Å². The minimum Gasteiger partial charge on any atom is -0.493 e. The molecule has 3 aromatic heterocycles. The molecule has 1 aliphatic carbocycles.